The minimum Gasteiger partial charge on any atom is -0.459 e. The van der Waals surface area contributed by atoms with E-state index >= 15 is 0 Å². The van der Waals surface area contributed by atoms with Crippen molar-refractivity contribution in [2.75, 3.05) is 13.3 Å². The highest BCUT2D eigenvalue weighted by Crippen LogP contribution is 2.84. The summed E-state index contributed by atoms with van der Waals surface area (Å²) >= 11 is 0. The van der Waals surface area contributed by atoms with Crippen molar-refractivity contribution in [1.82, 2.24) is 0 Å². The molecule has 11 atom stereocenters. The standard InChI is InChI=1S/C21H25FO11/c1-17(2,3)7-6-8-19-9(23)11-20(28,10(24)13(25)31-11)21(19,15(27)30-8)33-16-18(7,19)12(14(26)32-16)29-5-4-22/h7-12,16,23-24,28H,4-6H2,1-3H3/t7?,8?,9-,10+,11?,12-,16?,18?,19?,20+,21?/m0/s1/i22-1. The van der Waals surface area contributed by atoms with Crippen LogP contribution in [0.5, 0.6) is 0 Å². The molecule has 0 bridgehead atoms. The monoisotopic (exact) mass is 471 g/mol. The molecule has 11 nitrogen and oxygen atoms in total. The molecule has 2 saturated carbocycles. The maximum absolute atomic E-state index is 13.4. The summed E-state index contributed by atoms with van der Waals surface area (Å²) in [5.41, 5.74) is -9.28. The van der Waals surface area contributed by atoms with E-state index in [9.17, 15) is 34.1 Å². The van der Waals surface area contributed by atoms with Crippen LogP contribution in [0.25, 0.3) is 0 Å². The molecule has 4 saturated heterocycles. The van der Waals surface area contributed by atoms with Crippen LogP contribution in [0, 0.1) is 22.2 Å². The first-order valence-electron chi connectivity index (χ1n) is 10.9. The van der Waals surface area contributed by atoms with Gasteiger partial charge in [-0.05, 0) is 17.8 Å². The van der Waals surface area contributed by atoms with Gasteiger partial charge in [-0.1, -0.05) is 20.8 Å². The summed E-state index contributed by atoms with van der Waals surface area (Å²) in [6, 6.07) is 0. The summed E-state index contributed by atoms with van der Waals surface area (Å²) in [5, 5.41) is 34.1. The van der Waals surface area contributed by atoms with Gasteiger partial charge in [0.15, 0.2) is 23.9 Å². The van der Waals surface area contributed by atoms with Gasteiger partial charge in [-0.25, -0.2) is 18.8 Å². The number of hydrogen-bond acceptors (Lipinski definition) is 11. The fraction of sp³-hybridized carbons (Fsp3) is 0.857. The lowest BCUT2D eigenvalue weighted by Gasteiger charge is -2.48. The van der Waals surface area contributed by atoms with E-state index in [4.69, 9.17) is 23.7 Å². The van der Waals surface area contributed by atoms with Crippen LogP contribution in [0.15, 0.2) is 0 Å². The molecule has 6 aliphatic rings. The molecular formula is C21H25FO11. The second-order valence-electron chi connectivity index (χ2n) is 10.9. The summed E-state index contributed by atoms with van der Waals surface area (Å²) in [4.78, 5) is 38.7. The van der Waals surface area contributed by atoms with Gasteiger partial charge in [-0.15, -0.1) is 0 Å². The maximum Gasteiger partial charge on any atom is 0.343 e. The number of hydrogen-bond donors (Lipinski definition) is 3. The molecule has 4 heterocycles. The number of ether oxygens (including phenoxy) is 5. The lowest BCUT2D eigenvalue weighted by atomic mass is 9.51. The Bertz CT molecular complexity index is 980. The number of esters is 3. The summed E-state index contributed by atoms with van der Waals surface area (Å²) in [5.74, 6) is -3.74. The van der Waals surface area contributed by atoms with Gasteiger partial charge < -0.3 is 39.0 Å². The van der Waals surface area contributed by atoms with E-state index in [-0.39, 0.29) is 6.42 Å². The highest BCUT2D eigenvalue weighted by molar-refractivity contribution is 5.94. The zero-order chi connectivity index (χ0) is 23.9. The van der Waals surface area contributed by atoms with Gasteiger partial charge in [-0.3, -0.25) is 0 Å². The molecule has 33 heavy (non-hydrogen) atoms. The minimum absolute atomic E-state index is 0.146. The van der Waals surface area contributed by atoms with Gasteiger partial charge >= 0.3 is 17.9 Å². The third kappa shape index (κ3) is 1.77. The Balaban J connectivity index is 1.68. The van der Waals surface area contributed by atoms with Gasteiger partial charge in [0.25, 0.3) is 0 Å². The van der Waals surface area contributed by atoms with Crippen molar-refractivity contribution in [3.05, 3.63) is 0 Å². The van der Waals surface area contributed by atoms with E-state index in [0.717, 1.165) is 0 Å². The third-order valence-electron chi connectivity index (χ3n) is 8.96. The third-order valence-corrected chi connectivity index (χ3v) is 8.96. The number of alkyl halides is 1. The number of fused-ring (bicyclic) bond motifs is 1. The molecule has 0 aromatic rings. The Morgan fingerprint density at radius 3 is 2.45 bits per heavy atom. The molecule has 2 aliphatic carbocycles. The van der Waals surface area contributed by atoms with Crippen molar-refractivity contribution in [2.45, 2.75) is 75.2 Å². The molecule has 0 amide bonds. The van der Waals surface area contributed by atoms with Crippen LogP contribution in [0.3, 0.4) is 0 Å². The van der Waals surface area contributed by atoms with Crippen molar-refractivity contribution in [2.24, 2.45) is 22.2 Å². The summed E-state index contributed by atoms with van der Waals surface area (Å²) in [6.07, 6.45) is -9.64. The molecule has 6 rings (SSSR count). The molecule has 0 radical (unpaired) electrons. The Hall–Kier alpha value is -1.86. The topological polar surface area (TPSA) is 158 Å². The number of aliphatic hydroxyl groups excluding tert-OH is 2. The lowest BCUT2D eigenvalue weighted by molar-refractivity contribution is -0.245. The molecule has 4 aliphatic heterocycles. The fourth-order valence-electron chi connectivity index (χ4n) is 8.22. The summed E-state index contributed by atoms with van der Waals surface area (Å²) in [7, 11) is 0. The predicted molar refractivity (Wildman–Crippen MR) is 98.6 cm³/mol. The quantitative estimate of drug-likeness (QED) is 0.320. The lowest BCUT2D eigenvalue weighted by Crippen LogP contribution is -2.69. The Morgan fingerprint density at radius 2 is 1.82 bits per heavy atom. The second-order valence-corrected chi connectivity index (χ2v) is 10.9. The van der Waals surface area contributed by atoms with Crippen LogP contribution in [0.1, 0.15) is 27.2 Å². The molecule has 0 aromatic heterocycles. The van der Waals surface area contributed by atoms with Gasteiger partial charge in [0.05, 0.1) is 17.4 Å². The van der Waals surface area contributed by atoms with Gasteiger partial charge in [0, 0.05) is 0 Å². The summed E-state index contributed by atoms with van der Waals surface area (Å²) in [6.45, 7) is 4.26. The largest absolute Gasteiger partial charge is 0.459 e. The normalized spacial score (nSPS) is 55.7. The van der Waals surface area contributed by atoms with Crippen LogP contribution in [0.2, 0.25) is 0 Å². The van der Waals surface area contributed by atoms with E-state index in [1.165, 1.54) is 0 Å². The number of rotatable bonds is 3. The second kappa shape index (κ2) is 5.85. The molecule has 2 spiro atoms. The van der Waals surface area contributed by atoms with Gasteiger partial charge in [0.1, 0.15) is 18.9 Å². The van der Waals surface area contributed by atoms with Crippen molar-refractivity contribution in [1.29, 1.82) is 0 Å². The van der Waals surface area contributed by atoms with E-state index in [0.29, 0.717) is 0 Å². The number of carbonyl (C=O) groups is 3. The first-order valence-corrected chi connectivity index (χ1v) is 10.9. The van der Waals surface area contributed by atoms with E-state index in [1.807, 2.05) is 20.8 Å². The van der Waals surface area contributed by atoms with Gasteiger partial charge in [0.2, 0.25) is 11.9 Å². The minimum atomic E-state index is -2.71. The van der Waals surface area contributed by atoms with Crippen LogP contribution in [-0.2, 0) is 38.1 Å². The van der Waals surface area contributed by atoms with E-state index in [2.05, 4.69) is 0 Å². The predicted octanol–water partition coefficient (Wildman–Crippen LogP) is -1.65. The molecule has 12 heteroatoms. The van der Waals surface area contributed by atoms with Crippen LogP contribution >= 0.6 is 0 Å². The molecule has 7 unspecified atom stereocenters. The Kier molecular flexibility index (Phi) is 3.84. The van der Waals surface area contributed by atoms with Gasteiger partial charge in [-0.2, -0.15) is 0 Å². The first-order chi connectivity index (χ1) is 15.4. The van der Waals surface area contributed by atoms with Crippen molar-refractivity contribution >= 4 is 17.9 Å². The van der Waals surface area contributed by atoms with Crippen LogP contribution in [-0.4, -0.2) is 94.5 Å². The number of carbonyl (C=O) groups excluding carboxylic acids is 3. The fourth-order valence-corrected chi connectivity index (χ4v) is 8.22. The maximum atomic E-state index is 13.4. The number of halogens is 1. The SMILES string of the molecule is CC(C)(C)C1CC2OC(=O)C34OC5OC(=O)[C@H](OCC[18F])C51C23[C@@H](O)C1OC(=O)[C@@H](O)[C@@]14O. The van der Waals surface area contributed by atoms with Crippen molar-refractivity contribution in [3.8, 4) is 0 Å². The summed E-state index contributed by atoms with van der Waals surface area (Å²) < 4.78 is 41.2. The first kappa shape index (κ1) is 21.7. The molecule has 3 N–H and O–H groups in total. The molecule has 182 valence electrons. The highest BCUT2D eigenvalue weighted by Gasteiger charge is 3.04. The van der Waals surface area contributed by atoms with E-state index < -0.39 is 101 Å². The number of aliphatic hydroxyl groups is 3. The Morgan fingerprint density at radius 1 is 1.12 bits per heavy atom. The smallest absolute Gasteiger partial charge is 0.343 e. The van der Waals surface area contributed by atoms with E-state index in [1.54, 1.807) is 0 Å². The highest BCUT2D eigenvalue weighted by atomic mass is 18.2. The zero-order valence-electron chi connectivity index (χ0n) is 18.1. The molecule has 6 fully saturated rings. The average Bonchev–Trinajstić information content (AvgIpc) is 3.44. The van der Waals surface area contributed by atoms with Crippen molar-refractivity contribution in [3.63, 3.8) is 0 Å². The molecular weight excluding hydrogens is 446 g/mol. The molecule has 0 aromatic carbocycles. The average molecular weight is 471 g/mol. The van der Waals surface area contributed by atoms with Crippen LogP contribution < -0.4 is 0 Å². The zero-order valence-corrected chi connectivity index (χ0v) is 18.1. The van der Waals surface area contributed by atoms with Crippen molar-refractivity contribution < 1.29 is 57.8 Å². The Labute approximate surface area is 187 Å². The van der Waals surface area contributed by atoms with Crippen LogP contribution in [0.4, 0.5) is 4.39 Å².